The van der Waals surface area contributed by atoms with Gasteiger partial charge in [0.1, 0.15) is 17.0 Å². The number of carbonyl (C=O) groups excluding carboxylic acids is 1. The summed E-state index contributed by atoms with van der Waals surface area (Å²) < 4.78 is 6.83. The van der Waals surface area contributed by atoms with Gasteiger partial charge in [0, 0.05) is 20.0 Å². The molecule has 2 unspecified atom stereocenters. The molecule has 0 spiro atoms. The summed E-state index contributed by atoms with van der Waals surface area (Å²) in [7, 11) is 3.74. The number of aldehydes is 1. The highest BCUT2D eigenvalue weighted by molar-refractivity contribution is 7.96. The van der Waals surface area contributed by atoms with E-state index in [1.165, 1.54) is 0 Å². The predicted molar refractivity (Wildman–Crippen MR) is 121 cm³/mol. The van der Waals surface area contributed by atoms with Crippen molar-refractivity contribution >= 4 is 18.2 Å². The van der Waals surface area contributed by atoms with Gasteiger partial charge in [-0.2, -0.15) is 5.10 Å². The minimum atomic E-state index is -0.882. The molecule has 7 nitrogen and oxygen atoms in total. The Morgan fingerprint density at radius 2 is 2.00 bits per heavy atom. The standard InChI is InChI=1S/C23H31N5O2S/c1-22(2,26-31-5)7-6-18-10-20(28(4)25-18)23(30)11-16-8-15(9-17(16)12-23)21-19(13-29)27(3)14-24-21/h10,13-17,26,30H,8-9,11-12H2,1-5H3. The van der Waals surface area contributed by atoms with Crippen LogP contribution in [0.2, 0.25) is 0 Å². The van der Waals surface area contributed by atoms with Crippen molar-refractivity contribution in [1.29, 1.82) is 0 Å². The quantitative estimate of drug-likeness (QED) is 0.422. The zero-order valence-corrected chi connectivity index (χ0v) is 19.7. The Morgan fingerprint density at radius 1 is 1.32 bits per heavy atom. The van der Waals surface area contributed by atoms with Gasteiger partial charge in [0.05, 0.1) is 23.3 Å². The highest BCUT2D eigenvalue weighted by Crippen LogP contribution is 2.56. The molecular formula is C23H31N5O2S. The van der Waals surface area contributed by atoms with Crippen LogP contribution in [0.15, 0.2) is 12.4 Å². The normalized spacial score (nSPS) is 27.7. The van der Waals surface area contributed by atoms with E-state index in [9.17, 15) is 9.90 Å². The Labute approximate surface area is 188 Å². The maximum Gasteiger partial charge on any atom is 0.168 e. The van der Waals surface area contributed by atoms with E-state index in [0.29, 0.717) is 42.0 Å². The second-order valence-electron chi connectivity index (χ2n) is 9.59. The maximum atomic E-state index is 11.5. The molecule has 2 aliphatic rings. The van der Waals surface area contributed by atoms with E-state index in [4.69, 9.17) is 0 Å². The molecule has 0 radical (unpaired) electrons. The lowest BCUT2D eigenvalue weighted by Crippen LogP contribution is -2.32. The lowest BCUT2D eigenvalue weighted by molar-refractivity contribution is 0.0263. The Bertz CT molecular complexity index is 1030. The molecule has 0 aliphatic heterocycles. The van der Waals surface area contributed by atoms with Crippen LogP contribution in [0.25, 0.3) is 0 Å². The number of hydrogen-bond acceptors (Lipinski definition) is 6. The third-order valence-corrected chi connectivity index (χ3v) is 7.48. The van der Waals surface area contributed by atoms with Gasteiger partial charge in [0.25, 0.3) is 0 Å². The molecule has 2 saturated carbocycles. The second kappa shape index (κ2) is 8.12. The van der Waals surface area contributed by atoms with Gasteiger partial charge in [0.15, 0.2) is 6.29 Å². The zero-order chi connectivity index (χ0) is 22.4. The first-order valence-corrected chi connectivity index (χ1v) is 11.9. The van der Waals surface area contributed by atoms with Crippen molar-refractivity contribution in [1.82, 2.24) is 24.1 Å². The third kappa shape index (κ3) is 4.19. The Hall–Kier alpha value is -2.08. The maximum absolute atomic E-state index is 11.5. The molecule has 2 heterocycles. The molecule has 2 aliphatic carbocycles. The van der Waals surface area contributed by atoms with Gasteiger partial charge < -0.3 is 9.67 Å². The SMILES string of the molecule is CSNC(C)(C)C#Cc1cc(C2(O)CC3CC(c4ncn(C)c4C=O)CC3C2)n(C)n1. The lowest BCUT2D eigenvalue weighted by Gasteiger charge is -2.24. The number of aliphatic hydroxyl groups is 1. The van der Waals surface area contributed by atoms with Crippen LogP contribution < -0.4 is 4.72 Å². The van der Waals surface area contributed by atoms with Crippen molar-refractivity contribution in [3.63, 3.8) is 0 Å². The first-order valence-electron chi connectivity index (χ1n) is 10.7. The number of hydrogen-bond donors (Lipinski definition) is 2. The predicted octanol–water partition coefficient (Wildman–Crippen LogP) is 2.76. The van der Waals surface area contributed by atoms with E-state index in [2.05, 4.69) is 26.6 Å². The molecule has 0 saturated heterocycles. The van der Waals surface area contributed by atoms with Gasteiger partial charge in [-0.3, -0.25) is 9.48 Å². The number of nitrogens with zero attached hydrogens (tertiary/aromatic N) is 4. The van der Waals surface area contributed by atoms with E-state index >= 15 is 0 Å². The van der Waals surface area contributed by atoms with Crippen molar-refractivity contribution < 1.29 is 9.90 Å². The number of imidazole rings is 1. The van der Waals surface area contributed by atoms with Gasteiger partial charge in [-0.15, -0.1) is 0 Å². The topological polar surface area (TPSA) is 85.0 Å². The number of aryl methyl sites for hydroxylation is 2. The van der Waals surface area contributed by atoms with Crippen molar-refractivity contribution in [3.8, 4) is 11.8 Å². The number of nitrogens with one attached hydrogen (secondary N) is 1. The lowest BCUT2D eigenvalue weighted by atomic mass is 9.90. The van der Waals surface area contributed by atoms with Crippen molar-refractivity contribution in [2.45, 2.75) is 56.6 Å². The zero-order valence-electron chi connectivity index (χ0n) is 18.8. The summed E-state index contributed by atoms with van der Waals surface area (Å²) in [6, 6.07) is 1.93. The Balaban J connectivity index is 1.49. The van der Waals surface area contributed by atoms with E-state index in [0.717, 1.165) is 30.5 Å². The molecular weight excluding hydrogens is 410 g/mol. The van der Waals surface area contributed by atoms with Crippen LogP contribution in [0.5, 0.6) is 0 Å². The van der Waals surface area contributed by atoms with Crippen LogP contribution in [-0.4, -0.2) is 42.5 Å². The Morgan fingerprint density at radius 3 is 2.61 bits per heavy atom. The summed E-state index contributed by atoms with van der Waals surface area (Å²) in [5.74, 6) is 7.51. The molecule has 8 heteroatoms. The number of fused-ring (bicyclic) bond motifs is 1. The molecule has 31 heavy (non-hydrogen) atoms. The fraction of sp³-hybridized carbons (Fsp3) is 0.609. The van der Waals surface area contributed by atoms with Crippen LogP contribution in [0.4, 0.5) is 0 Å². The van der Waals surface area contributed by atoms with E-state index in [1.807, 2.05) is 40.3 Å². The van der Waals surface area contributed by atoms with Gasteiger partial charge >= 0.3 is 0 Å². The highest BCUT2D eigenvalue weighted by Gasteiger charge is 2.51. The van der Waals surface area contributed by atoms with Crippen LogP contribution in [-0.2, 0) is 19.7 Å². The molecule has 2 aromatic heterocycles. The fourth-order valence-corrected chi connectivity index (χ4v) is 6.04. The van der Waals surface area contributed by atoms with Crippen molar-refractivity contribution in [2.24, 2.45) is 25.9 Å². The summed E-state index contributed by atoms with van der Waals surface area (Å²) in [6.45, 7) is 4.06. The molecule has 2 fully saturated rings. The molecule has 0 bridgehead atoms. The van der Waals surface area contributed by atoms with Gasteiger partial charge in [-0.1, -0.05) is 17.9 Å². The summed E-state index contributed by atoms with van der Waals surface area (Å²) >= 11 is 1.54. The van der Waals surface area contributed by atoms with Crippen LogP contribution >= 0.6 is 11.9 Å². The summed E-state index contributed by atoms with van der Waals surface area (Å²) in [6.07, 6.45) is 7.95. The summed E-state index contributed by atoms with van der Waals surface area (Å²) in [5, 5.41) is 16.1. The van der Waals surface area contributed by atoms with Gasteiger partial charge in [-0.25, -0.2) is 9.71 Å². The van der Waals surface area contributed by atoms with E-state index < -0.39 is 5.60 Å². The minimum absolute atomic E-state index is 0.292. The first-order chi connectivity index (χ1) is 14.7. The first kappa shape index (κ1) is 22.1. The van der Waals surface area contributed by atoms with Gasteiger partial charge in [-0.05, 0) is 69.6 Å². The number of carbonyl (C=O) groups is 1. The van der Waals surface area contributed by atoms with Crippen LogP contribution in [0.3, 0.4) is 0 Å². The average molecular weight is 442 g/mol. The smallest absolute Gasteiger partial charge is 0.168 e. The fourth-order valence-electron chi connectivity index (χ4n) is 5.48. The van der Waals surface area contributed by atoms with E-state index in [1.54, 1.807) is 27.5 Å². The molecule has 2 aromatic rings. The van der Waals surface area contributed by atoms with Crippen molar-refractivity contribution in [2.75, 3.05) is 6.26 Å². The molecule has 2 atom stereocenters. The molecule has 2 N–H and O–H groups in total. The molecule has 4 rings (SSSR count). The molecule has 0 amide bonds. The average Bonchev–Trinajstić information content (AvgIpc) is 3.42. The number of rotatable bonds is 5. The molecule has 0 aromatic carbocycles. The highest BCUT2D eigenvalue weighted by atomic mass is 32.2. The van der Waals surface area contributed by atoms with Crippen molar-refractivity contribution in [3.05, 3.63) is 35.2 Å². The minimum Gasteiger partial charge on any atom is -0.384 e. The largest absolute Gasteiger partial charge is 0.384 e. The monoisotopic (exact) mass is 441 g/mol. The summed E-state index contributed by atoms with van der Waals surface area (Å²) in [4.78, 5) is 16.0. The second-order valence-corrected chi connectivity index (χ2v) is 10.2. The van der Waals surface area contributed by atoms with E-state index in [-0.39, 0.29) is 5.54 Å². The summed E-state index contributed by atoms with van der Waals surface area (Å²) in [5.41, 5.74) is 1.90. The third-order valence-electron chi connectivity index (χ3n) is 6.77. The Kier molecular flexibility index (Phi) is 5.80. The molecule has 166 valence electrons. The van der Waals surface area contributed by atoms with Gasteiger partial charge in [0.2, 0.25) is 0 Å². The van der Waals surface area contributed by atoms with Crippen LogP contribution in [0, 0.1) is 23.7 Å². The van der Waals surface area contributed by atoms with Crippen LogP contribution in [0.1, 0.15) is 73.0 Å². The number of aromatic nitrogens is 4.